The number of nitrogens with one attached hydrogen (secondary N) is 2. The first kappa shape index (κ1) is 18.0. The quantitative estimate of drug-likeness (QED) is 0.808. The van der Waals surface area contributed by atoms with Crippen molar-refractivity contribution in [1.82, 2.24) is 0 Å². The normalized spacial score (nSPS) is 15.7. The Labute approximate surface area is 155 Å². The molecule has 2 aromatic rings. The molecular weight excluding hydrogens is 352 g/mol. The van der Waals surface area contributed by atoms with Gasteiger partial charge in [0.05, 0.1) is 23.6 Å². The number of fused-ring (bicyclic) bond motifs is 1. The number of ether oxygens (including phenoxy) is 1. The average molecular weight is 370 g/mol. The summed E-state index contributed by atoms with van der Waals surface area (Å²) in [4.78, 5) is 37.0. The minimum absolute atomic E-state index is 0.0818. The van der Waals surface area contributed by atoms with Gasteiger partial charge in [-0.05, 0) is 49.7 Å². The SMILES string of the molecule is COC(=O)c1ccc(C)c(NC(=O)c2ccc3c(c2)NC(=O)[C@H](C)S3)c1. The summed E-state index contributed by atoms with van der Waals surface area (Å²) in [6, 6.07) is 10.2. The first-order valence-corrected chi connectivity index (χ1v) is 8.89. The van der Waals surface area contributed by atoms with Gasteiger partial charge < -0.3 is 15.4 Å². The van der Waals surface area contributed by atoms with E-state index in [1.807, 2.05) is 19.9 Å². The number of methoxy groups -OCH3 is 1. The van der Waals surface area contributed by atoms with Crippen LogP contribution in [0.4, 0.5) is 11.4 Å². The number of benzene rings is 2. The van der Waals surface area contributed by atoms with Gasteiger partial charge in [0, 0.05) is 16.1 Å². The zero-order valence-corrected chi connectivity index (χ0v) is 15.4. The van der Waals surface area contributed by atoms with Crippen LogP contribution in [0, 0.1) is 6.92 Å². The lowest BCUT2D eigenvalue weighted by Crippen LogP contribution is -2.26. The molecule has 0 aromatic heterocycles. The minimum atomic E-state index is -0.469. The van der Waals surface area contributed by atoms with Crippen molar-refractivity contribution in [3.05, 3.63) is 53.1 Å². The van der Waals surface area contributed by atoms with Crippen LogP contribution >= 0.6 is 11.8 Å². The van der Waals surface area contributed by atoms with E-state index in [2.05, 4.69) is 10.6 Å². The fraction of sp³-hybridized carbons (Fsp3) is 0.211. The molecule has 2 amide bonds. The summed E-state index contributed by atoms with van der Waals surface area (Å²) in [7, 11) is 1.31. The van der Waals surface area contributed by atoms with Gasteiger partial charge in [0.15, 0.2) is 0 Å². The van der Waals surface area contributed by atoms with Crippen molar-refractivity contribution in [2.24, 2.45) is 0 Å². The zero-order valence-electron chi connectivity index (χ0n) is 14.6. The maximum atomic E-state index is 12.6. The van der Waals surface area contributed by atoms with Crippen LogP contribution in [-0.2, 0) is 9.53 Å². The number of amides is 2. The Morgan fingerprint density at radius 3 is 2.62 bits per heavy atom. The third-order valence-corrected chi connectivity index (χ3v) is 5.26. The number of carbonyl (C=O) groups is 3. The molecule has 0 unspecified atom stereocenters. The van der Waals surface area contributed by atoms with E-state index in [-0.39, 0.29) is 17.1 Å². The van der Waals surface area contributed by atoms with Gasteiger partial charge in [-0.15, -0.1) is 11.8 Å². The highest BCUT2D eigenvalue weighted by Crippen LogP contribution is 2.36. The topological polar surface area (TPSA) is 84.5 Å². The van der Waals surface area contributed by atoms with E-state index >= 15 is 0 Å². The Balaban J connectivity index is 1.84. The van der Waals surface area contributed by atoms with E-state index < -0.39 is 5.97 Å². The van der Waals surface area contributed by atoms with Gasteiger partial charge >= 0.3 is 5.97 Å². The number of thioether (sulfide) groups is 1. The molecule has 1 atom stereocenters. The molecule has 0 bridgehead atoms. The Morgan fingerprint density at radius 1 is 1.15 bits per heavy atom. The third-order valence-electron chi connectivity index (χ3n) is 4.08. The fourth-order valence-electron chi connectivity index (χ4n) is 2.55. The first-order valence-electron chi connectivity index (χ1n) is 8.01. The third kappa shape index (κ3) is 3.57. The van der Waals surface area contributed by atoms with Crippen LogP contribution in [0.3, 0.4) is 0 Å². The lowest BCUT2D eigenvalue weighted by atomic mass is 10.1. The number of aryl methyl sites for hydroxylation is 1. The highest BCUT2D eigenvalue weighted by atomic mass is 32.2. The maximum absolute atomic E-state index is 12.6. The molecule has 0 aliphatic carbocycles. The van der Waals surface area contributed by atoms with Gasteiger partial charge in [0.2, 0.25) is 5.91 Å². The van der Waals surface area contributed by atoms with E-state index in [0.717, 1.165) is 10.5 Å². The van der Waals surface area contributed by atoms with Gasteiger partial charge in [0.25, 0.3) is 5.91 Å². The summed E-state index contributed by atoms with van der Waals surface area (Å²) in [6.07, 6.45) is 0. The van der Waals surface area contributed by atoms with Crippen LogP contribution in [0.1, 0.15) is 33.2 Å². The average Bonchev–Trinajstić information content (AvgIpc) is 2.63. The smallest absolute Gasteiger partial charge is 0.337 e. The summed E-state index contributed by atoms with van der Waals surface area (Å²) in [5.74, 6) is -0.874. The number of rotatable bonds is 3. The highest BCUT2D eigenvalue weighted by molar-refractivity contribution is 8.00. The van der Waals surface area contributed by atoms with Crippen molar-refractivity contribution >= 4 is 40.9 Å². The Kier molecular flexibility index (Phi) is 4.99. The second kappa shape index (κ2) is 7.21. The molecule has 0 fully saturated rings. The van der Waals surface area contributed by atoms with Crippen molar-refractivity contribution in [2.75, 3.05) is 17.7 Å². The molecule has 0 spiro atoms. The number of anilines is 2. The molecule has 2 aromatic carbocycles. The Morgan fingerprint density at radius 2 is 1.88 bits per heavy atom. The van der Waals surface area contributed by atoms with Crippen molar-refractivity contribution in [3.8, 4) is 0 Å². The number of hydrogen-bond acceptors (Lipinski definition) is 5. The predicted octanol–water partition coefficient (Wildman–Crippen LogP) is 3.47. The van der Waals surface area contributed by atoms with Gasteiger partial charge in [-0.3, -0.25) is 9.59 Å². The van der Waals surface area contributed by atoms with Crippen molar-refractivity contribution in [3.63, 3.8) is 0 Å². The van der Waals surface area contributed by atoms with Gasteiger partial charge in [-0.1, -0.05) is 6.07 Å². The van der Waals surface area contributed by atoms with Crippen molar-refractivity contribution in [1.29, 1.82) is 0 Å². The molecule has 0 radical (unpaired) electrons. The number of esters is 1. The molecule has 1 aliphatic rings. The van der Waals surface area contributed by atoms with E-state index in [4.69, 9.17) is 4.74 Å². The standard InChI is InChI=1S/C19H18N2O4S/c1-10-4-5-13(19(24)25-3)9-14(10)20-18(23)12-6-7-16-15(8-12)21-17(22)11(2)26-16/h4-9,11H,1-3H3,(H,20,23)(H,21,22)/t11-/m0/s1. The Hall–Kier alpha value is -2.80. The van der Waals surface area contributed by atoms with Crippen LogP contribution in [-0.4, -0.2) is 30.1 Å². The maximum Gasteiger partial charge on any atom is 0.337 e. The fourth-order valence-corrected chi connectivity index (χ4v) is 3.48. The molecule has 0 saturated carbocycles. The lowest BCUT2D eigenvalue weighted by Gasteiger charge is -2.21. The van der Waals surface area contributed by atoms with Crippen LogP contribution in [0.2, 0.25) is 0 Å². The molecule has 6 nitrogen and oxygen atoms in total. The van der Waals surface area contributed by atoms with E-state index in [1.54, 1.807) is 30.3 Å². The van der Waals surface area contributed by atoms with Crippen LogP contribution in [0.15, 0.2) is 41.3 Å². The van der Waals surface area contributed by atoms with Crippen LogP contribution in [0.5, 0.6) is 0 Å². The molecule has 0 saturated heterocycles. The molecule has 7 heteroatoms. The van der Waals surface area contributed by atoms with Crippen LogP contribution in [0.25, 0.3) is 0 Å². The summed E-state index contributed by atoms with van der Waals surface area (Å²) in [5, 5.41) is 5.46. The largest absolute Gasteiger partial charge is 0.465 e. The first-order chi connectivity index (χ1) is 12.4. The molecular formula is C19H18N2O4S. The lowest BCUT2D eigenvalue weighted by molar-refractivity contribution is -0.115. The highest BCUT2D eigenvalue weighted by Gasteiger charge is 2.24. The van der Waals surface area contributed by atoms with E-state index in [1.165, 1.54) is 18.9 Å². The van der Waals surface area contributed by atoms with Crippen molar-refractivity contribution < 1.29 is 19.1 Å². The van der Waals surface area contributed by atoms with Crippen LogP contribution < -0.4 is 10.6 Å². The molecule has 2 N–H and O–H groups in total. The predicted molar refractivity (Wildman–Crippen MR) is 101 cm³/mol. The molecule has 26 heavy (non-hydrogen) atoms. The molecule has 1 heterocycles. The number of hydrogen-bond donors (Lipinski definition) is 2. The summed E-state index contributed by atoms with van der Waals surface area (Å²) in [5.41, 5.74) is 2.76. The minimum Gasteiger partial charge on any atom is -0.465 e. The summed E-state index contributed by atoms with van der Waals surface area (Å²) in [6.45, 7) is 3.67. The van der Waals surface area contributed by atoms with Gasteiger partial charge in [-0.2, -0.15) is 0 Å². The van der Waals surface area contributed by atoms with Gasteiger partial charge in [-0.25, -0.2) is 4.79 Å². The second-order valence-electron chi connectivity index (χ2n) is 5.94. The van der Waals surface area contributed by atoms with E-state index in [0.29, 0.717) is 22.5 Å². The summed E-state index contributed by atoms with van der Waals surface area (Å²) >= 11 is 1.46. The molecule has 1 aliphatic heterocycles. The zero-order chi connectivity index (χ0) is 18.8. The molecule has 3 rings (SSSR count). The molecule has 134 valence electrons. The van der Waals surface area contributed by atoms with Crippen molar-refractivity contribution in [2.45, 2.75) is 24.0 Å². The summed E-state index contributed by atoms with van der Waals surface area (Å²) < 4.78 is 4.71. The second-order valence-corrected chi connectivity index (χ2v) is 7.32. The monoisotopic (exact) mass is 370 g/mol. The number of carbonyl (C=O) groups excluding carboxylic acids is 3. The van der Waals surface area contributed by atoms with E-state index in [9.17, 15) is 14.4 Å². The van der Waals surface area contributed by atoms with Gasteiger partial charge in [0.1, 0.15) is 0 Å². The Bertz CT molecular complexity index is 910.